The molecule has 0 aromatic heterocycles. The number of hydrogen-bond donors (Lipinski definition) is 4. The summed E-state index contributed by atoms with van der Waals surface area (Å²) in [4.78, 5) is 45.6. The molecule has 0 saturated carbocycles. The van der Waals surface area contributed by atoms with E-state index in [0.717, 1.165) is 38.5 Å². The smallest absolute Gasteiger partial charge is 0.472 e. The molecule has 11 nitrogen and oxygen atoms in total. The maximum Gasteiger partial charge on any atom is 0.472 e. The van der Waals surface area contributed by atoms with E-state index in [2.05, 4.69) is 31.3 Å². The Morgan fingerprint density at radius 3 is 1.49 bits per heavy atom. The van der Waals surface area contributed by atoms with Gasteiger partial charge in [-0.1, -0.05) is 148 Å². The minimum Gasteiger partial charge on any atom is -0.480 e. The van der Waals surface area contributed by atoms with Crippen molar-refractivity contribution >= 4 is 25.7 Å². The van der Waals surface area contributed by atoms with E-state index in [0.29, 0.717) is 12.8 Å². The molecule has 3 atom stereocenters. The Hall–Kier alpha value is -1.78. The van der Waals surface area contributed by atoms with Crippen molar-refractivity contribution in [2.45, 2.75) is 199 Å². The van der Waals surface area contributed by atoms with Gasteiger partial charge in [-0.15, -0.1) is 0 Å². The molecule has 300 valence electrons. The van der Waals surface area contributed by atoms with Crippen LogP contribution >= 0.6 is 7.82 Å². The highest BCUT2D eigenvalue weighted by Gasteiger charge is 2.28. The first-order valence-electron chi connectivity index (χ1n) is 20.2. The van der Waals surface area contributed by atoms with Gasteiger partial charge in [0.05, 0.1) is 13.2 Å². The molecule has 3 unspecified atom stereocenters. The van der Waals surface area contributed by atoms with Crippen LogP contribution in [0, 0.1) is 0 Å². The predicted molar refractivity (Wildman–Crippen MR) is 203 cm³/mol. The van der Waals surface area contributed by atoms with Crippen molar-refractivity contribution in [3.8, 4) is 0 Å². The van der Waals surface area contributed by atoms with Crippen LogP contribution in [0.5, 0.6) is 0 Å². The number of nitrogens with one attached hydrogen (secondary N) is 1. The number of phosphoric acid groups is 1. The summed E-state index contributed by atoms with van der Waals surface area (Å²) >= 11 is 0. The van der Waals surface area contributed by atoms with Crippen LogP contribution in [0.15, 0.2) is 12.2 Å². The zero-order valence-electron chi connectivity index (χ0n) is 32.2. The van der Waals surface area contributed by atoms with Crippen LogP contribution in [-0.2, 0) is 32.7 Å². The van der Waals surface area contributed by atoms with Crippen molar-refractivity contribution in [1.82, 2.24) is 5.32 Å². The van der Waals surface area contributed by atoms with E-state index in [1.165, 1.54) is 109 Å². The summed E-state index contributed by atoms with van der Waals surface area (Å²) in [5, 5.41) is 21.7. The summed E-state index contributed by atoms with van der Waals surface area (Å²) in [6.45, 7) is 2.53. The Morgan fingerprint density at radius 2 is 1.02 bits per heavy atom. The first kappa shape index (κ1) is 49.2. The maximum absolute atomic E-state index is 12.2. The van der Waals surface area contributed by atoms with Gasteiger partial charge in [0.15, 0.2) is 6.04 Å². The number of aliphatic hydroxyl groups is 1. The van der Waals surface area contributed by atoms with Gasteiger partial charge in [0.1, 0.15) is 12.7 Å². The Kier molecular flexibility index (Phi) is 34.0. The fourth-order valence-electron chi connectivity index (χ4n) is 5.60. The van der Waals surface area contributed by atoms with E-state index >= 15 is 0 Å². The molecule has 0 spiro atoms. The standard InChI is InChI=1S/C39H74NO10P/c1-3-5-7-9-11-13-14-15-16-17-18-19-20-21-22-23-25-27-29-31-38(43)48-32-35(41)33-49-51(46,47)50-34-36(39(44)45)40-37(42)30-28-26-24-12-10-8-6-4-2/h15-16,35-36,41H,3-14,17-34H2,1-2H3,(H,40,42)(H,44,45)(H,46,47)/b16-15+. The highest BCUT2D eigenvalue weighted by Crippen LogP contribution is 2.43. The number of allylic oxidation sites excluding steroid dienone is 2. The average Bonchev–Trinajstić information content (AvgIpc) is 3.10. The molecule has 0 aromatic rings. The largest absolute Gasteiger partial charge is 0.480 e. The first-order chi connectivity index (χ1) is 24.6. The van der Waals surface area contributed by atoms with E-state index < -0.39 is 57.6 Å². The zero-order valence-corrected chi connectivity index (χ0v) is 33.1. The van der Waals surface area contributed by atoms with Crippen molar-refractivity contribution in [1.29, 1.82) is 0 Å². The van der Waals surface area contributed by atoms with Crippen LogP contribution in [0.1, 0.15) is 187 Å². The first-order valence-corrected chi connectivity index (χ1v) is 21.7. The van der Waals surface area contributed by atoms with Crippen LogP contribution in [0.2, 0.25) is 0 Å². The van der Waals surface area contributed by atoms with Gasteiger partial charge in [-0.2, -0.15) is 0 Å². The second-order valence-electron chi connectivity index (χ2n) is 13.8. The molecular formula is C39H74NO10P. The normalized spacial score (nSPS) is 14.0. The van der Waals surface area contributed by atoms with E-state index in [1.807, 2.05) is 0 Å². The van der Waals surface area contributed by atoms with Crippen molar-refractivity contribution in [3.63, 3.8) is 0 Å². The second kappa shape index (κ2) is 35.3. The maximum atomic E-state index is 12.2. The predicted octanol–water partition coefficient (Wildman–Crippen LogP) is 9.72. The average molecular weight is 748 g/mol. The SMILES string of the molecule is CCCCCCCC/C=C/CCCCCCCCCCCC(=O)OCC(O)COP(=O)(O)OCC(NC(=O)CCCCCCCCCC)C(=O)O. The van der Waals surface area contributed by atoms with E-state index in [1.54, 1.807) is 0 Å². The summed E-state index contributed by atoms with van der Waals surface area (Å²) in [5.41, 5.74) is 0. The number of esters is 1. The number of carboxylic acids is 1. The third kappa shape index (κ3) is 35.0. The number of phosphoric ester groups is 1. The van der Waals surface area contributed by atoms with Gasteiger partial charge in [-0.3, -0.25) is 18.6 Å². The highest BCUT2D eigenvalue weighted by molar-refractivity contribution is 7.47. The number of rotatable bonds is 38. The molecule has 0 aliphatic heterocycles. The van der Waals surface area contributed by atoms with Gasteiger partial charge in [-0.25, -0.2) is 9.36 Å². The molecule has 1 amide bonds. The lowest BCUT2D eigenvalue weighted by Gasteiger charge is -2.18. The number of carboxylic acid groups (broad SMARTS) is 1. The monoisotopic (exact) mass is 748 g/mol. The second-order valence-corrected chi connectivity index (χ2v) is 15.3. The molecule has 0 aromatic carbocycles. The Labute approximate surface area is 309 Å². The highest BCUT2D eigenvalue weighted by atomic mass is 31.2. The molecule has 0 fully saturated rings. The van der Waals surface area contributed by atoms with Crippen molar-refractivity contribution < 1.29 is 47.8 Å². The Balaban J connectivity index is 3.84. The van der Waals surface area contributed by atoms with Crippen LogP contribution in [-0.4, -0.2) is 64.9 Å². The fourth-order valence-corrected chi connectivity index (χ4v) is 6.38. The quantitative estimate of drug-likeness (QED) is 0.0206. The van der Waals surface area contributed by atoms with E-state index in [4.69, 9.17) is 13.8 Å². The van der Waals surface area contributed by atoms with Crippen molar-refractivity contribution in [3.05, 3.63) is 12.2 Å². The molecule has 51 heavy (non-hydrogen) atoms. The van der Waals surface area contributed by atoms with Gasteiger partial charge in [0.25, 0.3) is 0 Å². The summed E-state index contributed by atoms with van der Waals surface area (Å²) in [6, 6.07) is -1.54. The molecule has 12 heteroatoms. The van der Waals surface area contributed by atoms with Crippen LogP contribution in [0.25, 0.3) is 0 Å². The van der Waals surface area contributed by atoms with Gasteiger partial charge in [-0.05, 0) is 38.5 Å². The molecule has 0 saturated heterocycles. The Morgan fingerprint density at radius 1 is 0.608 bits per heavy atom. The number of carbonyl (C=O) groups is 3. The minimum absolute atomic E-state index is 0.148. The molecule has 0 radical (unpaired) electrons. The summed E-state index contributed by atoms with van der Waals surface area (Å²) in [5.74, 6) is -2.37. The minimum atomic E-state index is -4.74. The third-order valence-corrected chi connectivity index (χ3v) is 9.76. The van der Waals surface area contributed by atoms with Crippen molar-refractivity contribution in [2.75, 3.05) is 19.8 Å². The number of amides is 1. The van der Waals surface area contributed by atoms with Crippen LogP contribution < -0.4 is 5.32 Å². The topological polar surface area (TPSA) is 169 Å². The molecule has 0 heterocycles. The van der Waals surface area contributed by atoms with Gasteiger partial charge < -0.3 is 25.2 Å². The van der Waals surface area contributed by atoms with Gasteiger partial charge in [0, 0.05) is 12.8 Å². The van der Waals surface area contributed by atoms with E-state index in [-0.39, 0.29) is 12.8 Å². The lowest BCUT2D eigenvalue weighted by atomic mass is 10.1. The third-order valence-electron chi connectivity index (χ3n) is 8.80. The molecule has 0 bridgehead atoms. The number of aliphatic hydroxyl groups excluding tert-OH is 1. The molecule has 0 rings (SSSR count). The van der Waals surface area contributed by atoms with Crippen molar-refractivity contribution in [2.24, 2.45) is 0 Å². The van der Waals surface area contributed by atoms with Gasteiger partial charge >= 0.3 is 19.8 Å². The lowest BCUT2D eigenvalue weighted by Crippen LogP contribution is -2.43. The summed E-state index contributed by atoms with van der Waals surface area (Å²) in [7, 11) is -4.74. The Bertz CT molecular complexity index is 932. The van der Waals surface area contributed by atoms with Crippen LogP contribution in [0.4, 0.5) is 0 Å². The van der Waals surface area contributed by atoms with Gasteiger partial charge in [0.2, 0.25) is 5.91 Å². The number of unbranched alkanes of at least 4 members (excludes halogenated alkanes) is 22. The number of ether oxygens (including phenoxy) is 1. The summed E-state index contributed by atoms with van der Waals surface area (Å²) < 4.78 is 26.7. The van der Waals surface area contributed by atoms with Crippen LogP contribution in [0.3, 0.4) is 0 Å². The number of hydrogen-bond acceptors (Lipinski definition) is 8. The zero-order chi connectivity index (χ0) is 37.8. The molecule has 0 aliphatic rings. The lowest BCUT2D eigenvalue weighted by molar-refractivity contribution is -0.147. The number of carbonyl (C=O) groups excluding carboxylic acids is 2. The molecule has 0 aliphatic carbocycles. The number of aliphatic carboxylic acids is 1. The molecule has 4 N–H and O–H groups in total. The molecular weight excluding hydrogens is 673 g/mol. The van der Waals surface area contributed by atoms with E-state index in [9.17, 15) is 34.1 Å². The summed E-state index contributed by atoms with van der Waals surface area (Å²) in [6.07, 6.45) is 32.6. The fraction of sp³-hybridized carbons (Fsp3) is 0.872.